The van der Waals surface area contributed by atoms with Crippen LogP contribution in [0.1, 0.15) is 21.5 Å². The molecule has 6 heteroatoms. The Hall–Kier alpha value is -3.54. The van der Waals surface area contributed by atoms with Crippen molar-refractivity contribution in [2.75, 3.05) is 31.4 Å². The van der Waals surface area contributed by atoms with E-state index in [0.29, 0.717) is 11.4 Å². The van der Waals surface area contributed by atoms with Gasteiger partial charge in [0.05, 0.1) is 26.1 Å². The van der Waals surface area contributed by atoms with Crippen molar-refractivity contribution in [3.8, 4) is 11.5 Å². The van der Waals surface area contributed by atoms with Crippen LogP contribution in [0, 0.1) is 6.92 Å². The van der Waals surface area contributed by atoms with Crippen LogP contribution in [0.15, 0.2) is 60.8 Å². The van der Waals surface area contributed by atoms with Gasteiger partial charge >= 0.3 is 0 Å². The zero-order valence-corrected chi connectivity index (χ0v) is 16.9. The van der Waals surface area contributed by atoms with Gasteiger partial charge in [0.15, 0.2) is 11.5 Å². The molecule has 0 unspecified atom stereocenters. The van der Waals surface area contributed by atoms with Crippen molar-refractivity contribution in [2.24, 2.45) is 0 Å². The molecule has 0 aliphatic heterocycles. The van der Waals surface area contributed by atoms with E-state index in [4.69, 9.17) is 9.47 Å². The molecule has 0 bridgehead atoms. The van der Waals surface area contributed by atoms with E-state index < -0.39 is 0 Å². The number of anilines is 2. The fourth-order valence-corrected chi connectivity index (χ4v) is 2.97. The molecule has 0 aliphatic rings. The van der Waals surface area contributed by atoms with Gasteiger partial charge in [-0.05, 0) is 54.8 Å². The van der Waals surface area contributed by atoms with E-state index in [1.54, 1.807) is 32.5 Å². The number of nitrogens with one attached hydrogen (secondary N) is 2. The lowest BCUT2D eigenvalue weighted by molar-refractivity contribution is 0.102. The Balaban J connectivity index is 1.53. The Morgan fingerprint density at radius 1 is 1.00 bits per heavy atom. The zero-order valence-electron chi connectivity index (χ0n) is 16.9. The van der Waals surface area contributed by atoms with Crippen LogP contribution in [0.4, 0.5) is 11.5 Å². The normalized spacial score (nSPS) is 10.3. The molecule has 2 N–H and O–H groups in total. The van der Waals surface area contributed by atoms with Crippen LogP contribution in [-0.4, -0.2) is 31.7 Å². The van der Waals surface area contributed by atoms with Gasteiger partial charge in [-0.25, -0.2) is 4.98 Å². The number of ether oxygens (including phenoxy) is 2. The van der Waals surface area contributed by atoms with Crippen molar-refractivity contribution in [2.45, 2.75) is 13.3 Å². The van der Waals surface area contributed by atoms with E-state index >= 15 is 0 Å². The van der Waals surface area contributed by atoms with Crippen molar-refractivity contribution >= 4 is 17.4 Å². The molecule has 2 aromatic carbocycles. The Bertz CT molecular complexity index is 971. The molecule has 6 nitrogen and oxygen atoms in total. The molecule has 1 aromatic heterocycles. The van der Waals surface area contributed by atoms with Crippen molar-refractivity contribution in [3.05, 3.63) is 77.5 Å². The highest BCUT2D eigenvalue weighted by molar-refractivity contribution is 6.04. The minimum absolute atomic E-state index is 0.162. The maximum absolute atomic E-state index is 12.4. The Labute approximate surface area is 170 Å². The lowest BCUT2D eigenvalue weighted by atomic mass is 10.1. The molecule has 0 saturated heterocycles. The predicted molar refractivity (Wildman–Crippen MR) is 115 cm³/mol. The van der Waals surface area contributed by atoms with Gasteiger partial charge in [0.2, 0.25) is 0 Å². The van der Waals surface area contributed by atoms with Crippen LogP contribution < -0.4 is 20.1 Å². The third-order valence-electron chi connectivity index (χ3n) is 4.59. The number of pyridine rings is 1. The number of aryl methyl sites for hydroxylation is 1. The van der Waals surface area contributed by atoms with E-state index in [1.165, 1.54) is 0 Å². The summed E-state index contributed by atoms with van der Waals surface area (Å²) >= 11 is 0. The first kappa shape index (κ1) is 20.2. The van der Waals surface area contributed by atoms with E-state index in [9.17, 15) is 4.79 Å². The quantitative estimate of drug-likeness (QED) is 0.598. The fourth-order valence-electron chi connectivity index (χ4n) is 2.97. The molecule has 0 atom stereocenters. The van der Waals surface area contributed by atoms with Gasteiger partial charge in [-0.1, -0.05) is 24.3 Å². The van der Waals surface area contributed by atoms with Gasteiger partial charge in [-0.15, -0.1) is 0 Å². The van der Waals surface area contributed by atoms with Gasteiger partial charge in [0.1, 0.15) is 5.82 Å². The largest absolute Gasteiger partial charge is 0.493 e. The highest BCUT2D eigenvalue weighted by Crippen LogP contribution is 2.27. The van der Waals surface area contributed by atoms with Crippen LogP contribution >= 0.6 is 0 Å². The van der Waals surface area contributed by atoms with Gasteiger partial charge < -0.3 is 20.1 Å². The van der Waals surface area contributed by atoms with Crippen LogP contribution in [-0.2, 0) is 6.42 Å². The topological polar surface area (TPSA) is 72.5 Å². The molecule has 0 radical (unpaired) electrons. The second-order valence-electron chi connectivity index (χ2n) is 6.57. The SMILES string of the molecule is COc1ccc(CCNc2ccc(NC(=O)c3ccccc3C)nc2)cc1OC. The van der Waals surface area contributed by atoms with Gasteiger partial charge in [0.25, 0.3) is 5.91 Å². The summed E-state index contributed by atoms with van der Waals surface area (Å²) in [5, 5.41) is 6.16. The maximum atomic E-state index is 12.4. The number of nitrogens with zero attached hydrogens (tertiary/aromatic N) is 1. The molecule has 3 rings (SSSR count). The number of benzene rings is 2. The number of rotatable bonds is 8. The molecule has 0 fully saturated rings. The van der Waals surface area contributed by atoms with Gasteiger partial charge in [-0.3, -0.25) is 4.79 Å². The number of aromatic nitrogens is 1. The number of carbonyl (C=O) groups excluding carboxylic acids is 1. The van der Waals surface area contributed by atoms with Gasteiger partial charge in [0, 0.05) is 12.1 Å². The molecule has 1 heterocycles. The van der Waals surface area contributed by atoms with Crippen LogP contribution in [0.3, 0.4) is 0 Å². The summed E-state index contributed by atoms with van der Waals surface area (Å²) in [6, 6.07) is 17.1. The van der Waals surface area contributed by atoms with Crippen LogP contribution in [0.2, 0.25) is 0 Å². The van der Waals surface area contributed by atoms with Crippen LogP contribution in [0.5, 0.6) is 11.5 Å². The molecule has 1 amide bonds. The van der Waals surface area contributed by atoms with E-state index in [1.807, 2.05) is 49.4 Å². The third-order valence-corrected chi connectivity index (χ3v) is 4.59. The standard InChI is InChI=1S/C23H25N3O3/c1-16-6-4-5-7-19(16)23(27)26-22-11-9-18(15-25-22)24-13-12-17-8-10-20(28-2)21(14-17)29-3/h4-11,14-15,24H,12-13H2,1-3H3,(H,25,26,27). The number of hydrogen-bond donors (Lipinski definition) is 2. The average molecular weight is 391 g/mol. The lowest BCUT2D eigenvalue weighted by Crippen LogP contribution is -2.14. The summed E-state index contributed by atoms with van der Waals surface area (Å²) in [5.41, 5.74) is 3.61. The molecule has 0 saturated carbocycles. The molecular formula is C23H25N3O3. The van der Waals surface area contributed by atoms with Gasteiger partial charge in [-0.2, -0.15) is 0 Å². The maximum Gasteiger partial charge on any atom is 0.257 e. The Morgan fingerprint density at radius 3 is 2.48 bits per heavy atom. The third kappa shape index (κ3) is 5.25. The van der Waals surface area contributed by atoms with E-state index in [0.717, 1.165) is 41.3 Å². The Morgan fingerprint density at radius 2 is 1.79 bits per heavy atom. The smallest absolute Gasteiger partial charge is 0.257 e. The minimum atomic E-state index is -0.162. The molecule has 0 spiro atoms. The summed E-state index contributed by atoms with van der Waals surface area (Å²) in [6.45, 7) is 2.65. The number of hydrogen-bond acceptors (Lipinski definition) is 5. The van der Waals surface area contributed by atoms with Crippen molar-refractivity contribution in [1.82, 2.24) is 4.98 Å². The average Bonchev–Trinajstić information content (AvgIpc) is 2.75. The summed E-state index contributed by atoms with van der Waals surface area (Å²) < 4.78 is 10.6. The van der Waals surface area contributed by atoms with E-state index in [2.05, 4.69) is 15.6 Å². The molecular weight excluding hydrogens is 366 g/mol. The Kier molecular flexibility index (Phi) is 6.68. The summed E-state index contributed by atoms with van der Waals surface area (Å²) in [5.74, 6) is 1.80. The second kappa shape index (κ2) is 9.59. The monoisotopic (exact) mass is 391 g/mol. The van der Waals surface area contributed by atoms with E-state index in [-0.39, 0.29) is 5.91 Å². The zero-order chi connectivity index (χ0) is 20.6. The minimum Gasteiger partial charge on any atom is -0.493 e. The first-order valence-electron chi connectivity index (χ1n) is 9.38. The van der Waals surface area contributed by atoms with Crippen molar-refractivity contribution < 1.29 is 14.3 Å². The number of carbonyl (C=O) groups is 1. The first-order chi connectivity index (χ1) is 14.1. The van der Waals surface area contributed by atoms with Crippen LogP contribution in [0.25, 0.3) is 0 Å². The molecule has 150 valence electrons. The predicted octanol–water partition coefficient (Wildman–Crippen LogP) is 4.31. The van der Waals surface area contributed by atoms with Crippen molar-refractivity contribution in [3.63, 3.8) is 0 Å². The van der Waals surface area contributed by atoms with Crippen molar-refractivity contribution in [1.29, 1.82) is 0 Å². The lowest BCUT2D eigenvalue weighted by Gasteiger charge is -2.11. The highest BCUT2D eigenvalue weighted by atomic mass is 16.5. The molecule has 3 aromatic rings. The number of amides is 1. The number of methoxy groups -OCH3 is 2. The second-order valence-corrected chi connectivity index (χ2v) is 6.57. The molecule has 29 heavy (non-hydrogen) atoms. The fraction of sp³-hybridized carbons (Fsp3) is 0.217. The first-order valence-corrected chi connectivity index (χ1v) is 9.38. The summed E-state index contributed by atoms with van der Waals surface area (Å²) in [6.07, 6.45) is 2.54. The summed E-state index contributed by atoms with van der Waals surface area (Å²) in [7, 11) is 3.25. The highest BCUT2D eigenvalue weighted by Gasteiger charge is 2.09. The summed E-state index contributed by atoms with van der Waals surface area (Å²) in [4.78, 5) is 16.7. The molecule has 0 aliphatic carbocycles.